The van der Waals surface area contributed by atoms with E-state index in [1.165, 1.54) is 12.1 Å². The summed E-state index contributed by atoms with van der Waals surface area (Å²) in [7, 11) is 0. The number of carbonyl (C=O) groups excluding carboxylic acids is 2. The summed E-state index contributed by atoms with van der Waals surface area (Å²) < 4.78 is 20.1. The van der Waals surface area contributed by atoms with Crippen molar-refractivity contribution in [2.75, 3.05) is 19.7 Å². The Balaban J connectivity index is 1.69. The summed E-state index contributed by atoms with van der Waals surface area (Å²) in [4.78, 5) is 27.4. The van der Waals surface area contributed by atoms with Crippen molar-refractivity contribution in [2.45, 2.75) is 19.8 Å². The summed E-state index contributed by atoms with van der Waals surface area (Å²) in [5.41, 5.74) is 2.26. The Morgan fingerprint density at radius 1 is 1.16 bits per heavy atom. The first-order valence-corrected chi connectivity index (χ1v) is 10.9. The van der Waals surface area contributed by atoms with Gasteiger partial charge in [-0.3, -0.25) is 9.59 Å². The number of carbonyl (C=O) groups is 2. The molecule has 166 valence electrons. The number of amides is 1. The average Bonchev–Trinajstić information content (AvgIpc) is 3.25. The highest BCUT2D eigenvalue weighted by atomic mass is 35.5. The van der Waals surface area contributed by atoms with Crippen molar-refractivity contribution in [1.29, 1.82) is 0 Å². The van der Waals surface area contributed by atoms with Crippen molar-refractivity contribution in [2.24, 2.45) is 5.92 Å². The lowest BCUT2D eigenvalue weighted by molar-refractivity contribution is -0.149. The van der Waals surface area contributed by atoms with Crippen LogP contribution in [0, 0.1) is 11.7 Å². The van der Waals surface area contributed by atoms with Gasteiger partial charge in [0.05, 0.1) is 23.9 Å². The van der Waals surface area contributed by atoms with Gasteiger partial charge in [-0.25, -0.2) is 9.07 Å². The molecule has 0 aliphatic carbocycles. The quantitative estimate of drug-likeness (QED) is 0.521. The molecule has 1 aromatic heterocycles. The monoisotopic (exact) mass is 455 g/mol. The highest BCUT2D eigenvalue weighted by molar-refractivity contribution is 6.30. The zero-order valence-electron chi connectivity index (χ0n) is 17.6. The van der Waals surface area contributed by atoms with Crippen LogP contribution in [0.2, 0.25) is 5.02 Å². The minimum Gasteiger partial charge on any atom is -0.466 e. The summed E-state index contributed by atoms with van der Waals surface area (Å²) in [5.74, 6) is -1.19. The van der Waals surface area contributed by atoms with Gasteiger partial charge in [0.25, 0.3) is 5.91 Å². The molecule has 0 N–H and O–H groups in total. The van der Waals surface area contributed by atoms with Crippen molar-refractivity contribution in [1.82, 2.24) is 14.7 Å². The molecule has 6 nitrogen and oxygen atoms in total. The van der Waals surface area contributed by atoms with Crippen LogP contribution in [0.15, 0.2) is 54.6 Å². The van der Waals surface area contributed by atoms with Gasteiger partial charge in [-0.15, -0.1) is 0 Å². The number of nitrogens with zero attached hydrogens (tertiary/aromatic N) is 3. The number of hydrogen-bond donors (Lipinski definition) is 0. The first-order valence-electron chi connectivity index (χ1n) is 10.5. The molecular formula is C24H23ClFN3O3. The molecule has 4 rings (SSSR count). The number of hydrogen-bond acceptors (Lipinski definition) is 4. The highest BCUT2D eigenvalue weighted by Gasteiger charge is 2.31. The third-order valence-corrected chi connectivity index (χ3v) is 5.72. The summed E-state index contributed by atoms with van der Waals surface area (Å²) in [6.07, 6.45) is 1.41. The van der Waals surface area contributed by atoms with E-state index in [1.807, 2.05) is 0 Å². The molecule has 0 spiro atoms. The van der Waals surface area contributed by atoms with Crippen LogP contribution in [0.1, 0.15) is 30.3 Å². The van der Waals surface area contributed by atoms with E-state index in [0.29, 0.717) is 53.8 Å². The fourth-order valence-electron chi connectivity index (χ4n) is 3.85. The Hall–Kier alpha value is -3.19. The van der Waals surface area contributed by atoms with Gasteiger partial charge in [0, 0.05) is 23.7 Å². The number of halogens is 2. The van der Waals surface area contributed by atoms with Crippen LogP contribution in [0.4, 0.5) is 4.39 Å². The van der Waals surface area contributed by atoms with Gasteiger partial charge in [0.1, 0.15) is 11.5 Å². The van der Waals surface area contributed by atoms with Gasteiger partial charge in [0.15, 0.2) is 0 Å². The van der Waals surface area contributed by atoms with E-state index < -0.39 is 0 Å². The Bertz CT molecular complexity index is 1110. The molecule has 8 heteroatoms. The predicted octanol–water partition coefficient (Wildman–Crippen LogP) is 4.75. The molecule has 32 heavy (non-hydrogen) atoms. The van der Waals surface area contributed by atoms with Crippen molar-refractivity contribution in [3.05, 3.63) is 71.1 Å². The lowest BCUT2D eigenvalue weighted by atomic mass is 9.98. The van der Waals surface area contributed by atoms with E-state index in [9.17, 15) is 14.0 Å². The molecule has 1 aliphatic rings. The molecule has 0 saturated carbocycles. The standard InChI is InChI=1S/C24H23ClFN3O3/c1-2-32-24(31)17-4-3-13-28(15-17)23(30)22-14-21(16-5-9-19(26)10-6-16)27-29(22)20-11-7-18(25)8-12-20/h5-12,14,17H,2-4,13,15H2,1H3. The van der Waals surface area contributed by atoms with Crippen molar-refractivity contribution in [3.8, 4) is 16.9 Å². The number of piperidine rings is 1. The maximum atomic E-state index is 13.5. The largest absolute Gasteiger partial charge is 0.466 e. The Morgan fingerprint density at radius 2 is 1.88 bits per heavy atom. The molecule has 1 amide bonds. The number of rotatable bonds is 5. The number of esters is 1. The van der Waals surface area contributed by atoms with E-state index >= 15 is 0 Å². The Kier molecular flexibility index (Phi) is 6.55. The zero-order chi connectivity index (χ0) is 22.7. The first-order chi connectivity index (χ1) is 15.5. The summed E-state index contributed by atoms with van der Waals surface area (Å²) in [5, 5.41) is 5.19. The molecule has 3 aromatic rings. The molecular weight excluding hydrogens is 433 g/mol. The molecule has 2 heterocycles. The van der Waals surface area contributed by atoms with Crippen LogP contribution in [0.25, 0.3) is 16.9 Å². The molecule has 1 atom stereocenters. The lowest BCUT2D eigenvalue weighted by Crippen LogP contribution is -2.43. The van der Waals surface area contributed by atoms with Crippen molar-refractivity contribution in [3.63, 3.8) is 0 Å². The second-order valence-corrected chi connectivity index (χ2v) is 8.09. The second kappa shape index (κ2) is 9.53. The topological polar surface area (TPSA) is 64.4 Å². The van der Waals surface area contributed by atoms with Gasteiger partial charge >= 0.3 is 5.97 Å². The second-order valence-electron chi connectivity index (χ2n) is 7.65. The number of benzene rings is 2. The van der Waals surface area contributed by atoms with Crippen LogP contribution in [-0.2, 0) is 9.53 Å². The molecule has 1 fully saturated rings. The Morgan fingerprint density at radius 3 is 2.56 bits per heavy atom. The minimum absolute atomic E-state index is 0.227. The fourth-order valence-corrected chi connectivity index (χ4v) is 3.98. The third-order valence-electron chi connectivity index (χ3n) is 5.47. The summed E-state index contributed by atoms with van der Waals surface area (Å²) in [6.45, 7) is 2.93. The van der Waals surface area contributed by atoms with Crippen molar-refractivity contribution < 1.29 is 18.7 Å². The maximum Gasteiger partial charge on any atom is 0.310 e. The fraction of sp³-hybridized carbons (Fsp3) is 0.292. The molecule has 1 saturated heterocycles. The molecule has 1 unspecified atom stereocenters. The molecule has 0 bridgehead atoms. The molecule has 1 aliphatic heterocycles. The SMILES string of the molecule is CCOC(=O)C1CCCN(C(=O)c2cc(-c3ccc(F)cc3)nn2-c2ccc(Cl)cc2)C1. The van der Waals surface area contributed by atoms with Crippen LogP contribution in [0.3, 0.4) is 0 Å². The van der Waals surface area contributed by atoms with Crippen LogP contribution < -0.4 is 0 Å². The van der Waals surface area contributed by atoms with Gasteiger partial charge in [0.2, 0.25) is 0 Å². The summed E-state index contributed by atoms with van der Waals surface area (Å²) in [6, 6.07) is 14.6. The summed E-state index contributed by atoms with van der Waals surface area (Å²) >= 11 is 6.03. The van der Waals surface area contributed by atoms with Gasteiger partial charge in [-0.1, -0.05) is 11.6 Å². The van der Waals surface area contributed by atoms with Gasteiger partial charge in [-0.05, 0) is 74.4 Å². The van der Waals surface area contributed by atoms with Crippen molar-refractivity contribution >= 4 is 23.5 Å². The smallest absolute Gasteiger partial charge is 0.310 e. The van der Waals surface area contributed by atoms with E-state index in [0.717, 1.165) is 6.42 Å². The maximum absolute atomic E-state index is 13.5. The number of aromatic nitrogens is 2. The third kappa shape index (κ3) is 4.67. The average molecular weight is 456 g/mol. The highest BCUT2D eigenvalue weighted by Crippen LogP contribution is 2.26. The zero-order valence-corrected chi connectivity index (χ0v) is 18.4. The van der Waals surface area contributed by atoms with Crippen LogP contribution in [0.5, 0.6) is 0 Å². The van der Waals surface area contributed by atoms with E-state index in [-0.39, 0.29) is 23.6 Å². The van der Waals surface area contributed by atoms with E-state index in [4.69, 9.17) is 16.3 Å². The first kappa shape index (κ1) is 22.0. The van der Waals surface area contributed by atoms with Gasteiger partial charge in [-0.2, -0.15) is 5.10 Å². The number of ether oxygens (including phenoxy) is 1. The van der Waals surface area contributed by atoms with E-state index in [1.54, 1.807) is 59.0 Å². The van der Waals surface area contributed by atoms with E-state index in [2.05, 4.69) is 5.10 Å². The number of likely N-dealkylation sites (tertiary alicyclic amines) is 1. The van der Waals surface area contributed by atoms with Crippen LogP contribution in [-0.4, -0.2) is 46.3 Å². The molecule has 2 aromatic carbocycles. The molecule has 0 radical (unpaired) electrons. The van der Waals surface area contributed by atoms with Crippen LogP contribution >= 0.6 is 11.6 Å². The normalized spacial score (nSPS) is 16.1. The lowest BCUT2D eigenvalue weighted by Gasteiger charge is -2.31. The Labute approximate surface area is 190 Å². The predicted molar refractivity (Wildman–Crippen MR) is 119 cm³/mol. The minimum atomic E-state index is -0.347. The van der Waals surface area contributed by atoms with Gasteiger partial charge < -0.3 is 9.64 Å².